The number of rotatable bonds is 8. The van der Waals surface area contributed by atoms with E-state index >= 15 is 0 Å². The van der Waals surface area contributed by atoms with Gasteiger partial charge >= 0.3 is 0 Å². The Hall–Kier alpha value is -1.35. The number of fused-ring (bicyclic) bond motifs is 5. The van der Waals surface area contributed by atoms with Gasteiger partial charge in [-0.2, -0.15) is 0 Å². The maximum Gasteiger partial charge on any atom is 0.221 e. The van der Waals surface area contributed by atoms with Crippen molar-refractivity contribution in [2.24, 2.45) is 46.3 Å². The van der Waals surface area contributed by atoms with Crippen LogP contribution in [0.15, 0.2) is 12.2 Å². The van der Waals surface area contributed by atoms with Crippen molar-refractivity contribution in [3.05, 3.63) is 12.2 Å². The summed E-state index contributed by atoms with van der Waals surface area (Å²) in [5, 5.41) is 36.1. The van der Waals surface area contributed by atoms with E-state index in [-0.39, 0.29) is 47.5 Å². The van der Waals surface area contributed by atoms with Crippen LogP contribution < -0.4 is 5.32 Å². The van der Waals surface area contributed by atoms with Gasteiger partial charge in [0.15, 0.2) is 0 Å². The van der Waals surface area contributed by atoms with Crippen molar-refractivity contribution in [2.45, 2.75) is 110 Å². The molecule has 0 aromatic carbocycles. The van der Waals surface area contributed by atoms with Gasteiger partial charge in [0.05, 0.1) is 24.9 Å². The smallest absolute Gasteiger partial charge is 0.221 e. The van der Waals surface area contributed by atoms with Crippen LogP contribution >= 0.6 is 0 Å². The van der Waals surface area contributed by atoms with Crippen molar-refractivity contribution in [3.63, 3.8) is 0 Å². The molecule has 0 bridgehead atoms. The first-order valence-electron chi connectivity index (χ1n) is 14.5. The maximum absolute atomic E-state index is 11.7. The first-order valence-corrected chi connectivity index (χ1v) is 14.5. The maximum atomic E-state index is 11.7. The molecule has 4 aliphatic rings. The largest absolute Gasteiger partial charge is 0.393 e. The van der Waals surface area contributed by atoms with Gasteiger partial charge in [0.25, 0.3) is 0 Å². The molecule has 0 saturated heterocycles. The molecule has 0 aromatic heterocycles. The predicted molar refractivity (Wildman–Crippen MR) is 143 cm³/mol. The predicted octanol–water partition coefficient (Wildman–Crippen LogP) is 4.45. The number of carbonyl (C=O) groups is 1. The lowest BCUT2D eigenvalue weighted by Crippen LogP contribution is -2.62. The highest BCUT2D eigenvalue weighted by atomic mass is 16.3. The van der Waals surface area contributed by atoms with E-state index < -0.39 is 0 Å². The molecule has 4 N–H and O–H groups in total. The molecule has 4 saturated carbocycles. The second-order valence-electron chi connectivity index (χ2n) is 13.1. The first kappa shape index (κ1) is 27.7. The molecule has 4 rings (SSSR count). The molecule has 1 amide bonds. The van der Waals surface area contributed by atoms with Gasteiger partial charge in [0, 0.05) is 6.42 Å². The molecule has 0 aliphatic heterocycles. The van der Waals surface area contributed by atoms with Gasteiger partial charge in [0.2, 0.25) is 5.91 Å². The highest BCUT2D eigenvalue weighted by molar-refractivity contribution is 5.76. The van der Waals surface area contributed by atoms with E-state index in [0.29, 0.717) is 36.0 Å². The summed E-state index contributed by atoms with van der Waals surface area (Å²) in [5.74, 6) is 4.73. The summed E-state index contributed by atoms with van der Waals surface area (Å²) in [6, 6.07) is 0. The number of aliphatic hydroxyl groups excluding tert-OH is 3. The molecule has 0 heterocycles. The number of allylic oxidation sites excluding steroid dienone is 2. The molecule has 202 valence electrons. The van der Waals surface area contributed by atoms with Crippen molar-refractivity contribution in [1.82, 2.24) is 5.32 Å². The van der Waals surface area contributed by atoms with Crippen LogP contribution in [0.5, 0.6) is 0 Å². The Labute approximate surface area is 218 Å². The average Bonchev–Trinajstić information content (AvgIpc) is 3.20. The molecule has 4 fully saturated rings. The van der Waals surface area contributed by atoms with Crippen LogP contribution in [-0.2, 0) is 4.79 Å². The number of terminal acetylenes is 1. The molecular weight excluding hydrogens is 450 g/mol. The van der Waals surface area contributed by atoms with Crippen molar-refractivity contribution in [1.29, 1.82) is 0 Å². The fourth-order valence-corrected chi connectivity index (χ4v) is 9.38. The third-order valence-electron chi connectivity index (χ3n) is 11.4. The van der Waals surface area contributed by atoms with E-state index in [2.05, 4.69) is 44.2 Å². The Morgan fingerprint density at radius 1 is 1.08 bits per heavy atom. The van der Waals surface area contributed by atoms with Crippen LogP contribution in [0.2, 0.25) is 0 Å². The minimum absolute atomic E-state index is 0.00466. The molecule has 11 atom stereocenters. The fraction of sp³-hybridized carbons (Fsp3) is 0.839. The molecule has 36 heavy (non-hydrogen) atoms. The highest BCUT2D eigenvalue weighted by Crippen LogP contribution is 2.68. The van der Waals surface area contributed by atoms with Gasteiger partial charge in [-0.05, 0) is 111 Å². The summed E-state index contributed by atoms with van der Waals surface area (Å²) in [6.07, 6.45) is 18.3. The van der Waals surface area contributed by atoms with Gasteiger partial charge in [-0.1, -0.05) is 38.8 Å². The van der Waals surface area contributed by atoms with Gasteiger partial charge < -0.3 is 20.6 Å². The average molecular weight is 500 g/mol. The second-order valence-corrected chi connectivity index (χ2v) is 13.1. The zero-order valence-electron chi connectivity index (χ0n) is 22.7. The van der Waals surface area contributed by atoms with Gasteiger partial charge in [-0.15, -0.1) is 6.42 Å². The number of hydrogen-bond donors (Lipinski definition) is 4. The fourth-order valence-electron chi connectivity index (χ4n) is 9.38. The van der Waals surface area contributed by atoms with Crippen LogP contribution in [-0.4, -0.2) is 46.1 Å². The van der Waals surface area contributed by atoms with Crippen LogP contribution in [0.3, 0.4) is 0 Å². The van der Waals surface area contributed by atoms with E-state index in [1.165, 1.54) is 0 Å². The lowest BCUT2D eigenvalue weighted by atomic mass is 9.43. The monoisotopic (exact) mass is 499 g/mol. The summed E-state index contributed by atoms with van der Waals surface area (Å²) in [5.41, 5.74) is -0.0184. The Bertz CT molecular complexity index is 850. The molecule has 5 heteroatoms. The molecule has 2 unspecified atom stereocenters. The quantitative estimate of drug-likeness (QED) is 0.293. The van der Waals surface area contributed by atoms with Crippen molar-refractivity contribution >= 4 is 5.91 Å². The van der Waals surface area contributed by atoms with Crippen LogP contribution in [0.4, 0.5) is 0 Å². The van der Waals surface area contributed by atoms with Gasteiger partial charge in [0.1, 0.15) is 0 Å². The molecule has 5 nitrogen and oxygen atoms in total. The zero-order chi connectivity index (χ0) is 26.1. The normalized spacial score (nSPS) is 44.8. The van der Waals surface area contributed by atoms with Crippen LogP contribution in [0.1, 0.15) is 91.4 Å². The molecule has 4 aliphatic carbocycles. The van der Waals surface area contributed by atoms with E-state index in [9.17, 15) is 20.1 Å². The molecular formula is C31H49NO4. The minimum Gasteiger partial charge on any atom is -0.393 e. The van der Waals surface area contributed by atoms with E-state index in [0.717, 1.165) is 64.2 Å². The summed E-state index contributed by atoms with van der Waals surface area (Å²) >= 11 is 0. The number of nitrogens with one attached hydrogen (secondary N) is 1. The SMILES string of the molecule is C#CCNC(=O)CC/C=C/CC[C@@H](C)[C@H]1CC[C@H]2C3C(C[C@H](O)[C@]12C)[C@@]1(C)CC[C@@H](O)C[C@H]1C[C@H]3O. The molecule has 0 radical (unpaired) electrons. The lowest BCUT2D eigenvalue weighted by molar-refractivity contribution is -0.207. The third kappa shape index (κ3) is 5.03. The topological polar surface area (TPSA) is 89.8 Å². The Morgan fingerprint density at radius 2 is 1.83 bits per heavy atom. The minimum atomic E-state index is -0.328. The van der Waals surface area contributed by atoms with E-state index in [1.54, 1.807) is 0 Å². The standard InChI is InChI=1S/C31H49NO4/c1-5-16-32-28(36)11-9-7-6-8-10-20(2)23-12-13-24-29-25(19-27(35)31(23,24)4)30(3)15-14-22(33)17-21(30)18-26(29)34/h1,6-7,20-27,29,33-35H,8-19H2,2-4H3,(H,32,36)/b7-6+/t20-,21+,22-,23-,24+,25?,26-,27+,29?,30+,31-/m1/s1. The summed E-state index contributed by atoms with van der Waals surface area (Å²) in [4.78, 5) is 11.7. The Morgan fingerprint density at radius 3 is 2.58 bits per heavy atom. The summed E-state index contributed by atoms with van der Waals surface area (Å²) in [7, 11) is 0. The van der Waals surface area contributed by atoms with Crippen molar-refractivity contribution in [3.8, 4) is 12.3 Å². The number of carbonyl (C=O) groups excluding carboxylic acids is 1. The zero-order valence-corrected chi connectivity index (χ0v) is 22.7. The van der Waals surface area contributed by atoms with Crippen LogP contribution in [0, 0.1) is 58.7 Å². The number of hydrogen-bond acceptors (Lipinski definition) is 4. The number of amides is 1. The highest BCUT2D eigenvalue weighted by Gasteiger charge is 2.65. The second kappa shape index (κ2) is 11.2. The first-order chi connectivity index (χ1) is 17.1. The van der Waals surface area contributed by atoms with Gasteiger partial charge in [-0.25, -0.2) is 0 Å². The Balaban J connectivity index is 1.37. The summed E-state index contributed by atoms with van der Waals surface area (Å²) in [6.45, 7) is 7.34. The van der Waals surface area contributed by atoms with Crippen molar-refractivity contribution < 1.29 is 20.1 Å². The molecule has 0 aromatic rings. The van der Waals surface area contributed by atoms with E-state index in [4.69, 9.17) is 6.42 Å². The number of aliphatic hydroxyl groups is 3. The third-order valence-corrected chi connectivity index (χ3v) is 11.4. The summed E-state index contributed by atoms with van der Waals surface area (Å²) < 4.78 is 0. The van der Waals surface area contributed by atoms with Crippen molar-refractivity contribution in [2.75, 3.05) is 6.54 Å². The molecule has 0 spiro atoms. The van der Waals surface area contributed by atoms with Crippen LogP contribution in [0.25, 0.3) is 0 Å². The lowest BCUT2D eigenvalue weighted by Gasteiger charge is -2.63. The Kier molecular flexibility index (Phi) is 8.59. The van der Waals surface area contributed by atoms with Gasteiger partial charge in [-0.3, -0.25) is 4.79 Å². The van der Waals surface area contributed by atoms with E-state index in [1.807, 2.05) is 0 Å².